The summed E-state index contributed by atoms with van der Waals surface area (Å²) in [5, 5.41) is 1.63. The second-order valence-electron chi connectivity index (χ2n) is 4.88. The van der Waals surface area contributed by atoms with Gasteiger partial charge in [0, 0.05) is 11.3 Å². The minimum Gasteiger partial charge on any atom is -0.290 e. The van der Waals surface area contributed by atoms with Crippen molar-refractivity contribution in [2.75, 3.05) is 7.05 Å². The molecule has 4 atom stereocenters. The molecule has 0 aromatic carbocycles. The largest absolute Gasteiger partial charge is 0.290 e. The quantitative estimate of drug-likeness (QED) is 0.701. The van der Waals surface area contributed by atoms with Gasteiger partial charge in [-0.15, -0.1) is 11.8 Å². The van der Waals surface area contributed by atoms with E-state index in [0.717, 1.165) is 22.6 Å². The van der Waals surface area contributed by atoms with Gasteiger partial charge in [-0.1, -0.05) is 34.1 Å². The van der Waals surface area contributed by atoms with Crippen LogP contribution in [-0.2, 0) is 0 Å². The molecule has 0 spiro atoms. The SMILES string of the molecule is CCCC(C)C1SC(CC)C(CC)N1C. The van der Waals surface area contributed by atoms with E-state index in [4.69, 9.17) is 0 Å². The van der Waals surface area contributed by atoms with Crippen molar-refractivity contribution in [2.45, 2.75) is 70.0 Å². The highest BCUT2D eigenvalue weighted by Gasteiger charge is 2.39. The number of thioether (sulfide) groups is 1. The maximum absolute atomic E-state index is 2.64. The van der Waals surface area contributed by atoms with Gasteiger partial charge in [-0.3, -0.25) is 4.90 Å². The van der Waals surface area contributed by atoms with Gasteiger partial charge in [0.05, 0.1) is 5.37 Å². The molecule has 1 aliphatic heterocycles. The highest BCUT2D eigenvalue weighted by atomic mass is 32.2. The van der Waals surface area contributed by atoms with E-state index in [1.165, 1.54) is 25.7 Å². The molecule has 1 rings (SSSR count). The first kappa shape index (κ1) is 13.4. The molecule has 0 aromatic heterocycles. The van der Waals surface area contributed by atoms with Gasteiger partial charge in [0.15, 0.2) is 0 Å². The van der Waals surface area contributed by atoms with Crippen LogP contribution in [0.15, 0.2) is 0 Å². The Kier molecular flexibility index (Phi) is 5.48. The minimum atomic E-state index is 0.764. The Hall–Kier alpha value is 0.310. The lowest BCUT2D eigenvalue weighted by molar-refractivity contribution is 0.196. The molecule has 0 saturated carbocycles. The van der Waals surface area contributed by atoms with E-state index in [1.807, 2.05) is 0 Å². The average Bonchev–Trinajstić information content (AvgIpc) is 2.55. The van der Waals surface area contributed by atoms with Gasteiger partial charge in [0.1, 0.15) is 0 Å². The molecule has 1 saturated heterocycles. The summed E-state index contributed by atoms with van der Waals surface area (Å²) in [5.74, 6) is 0.843. The van der Waals surface area contributed by atoms with Crippen LogP contribution >= 0.6 is 11.8 Å². The third kappa shape index (κ3) is 2.91. The molecule has 15 heavy (non-hydrogen) atoms. The van der Waals surface area contributed by atoms with Crippen LogP contribution in [0.5, 0.6) is 0 Å². The van der Waals surface area contributed by atoms with Gasteiger partial charge in [0.25, 0.3) is 0 Å². The Morgan fingerprint density at radius 2 is 1.87 bits per heavy atom. The monoisotopic (exact) mass is 229 g/mol. The standard InChI is InChI=1S/C13H27NS/c1-6-9-10(4)13-14(5)11(7-2)12(8-3)15-13/h10-13H,6-9H2,1-5H3. The number of hydrogen-bond acceptors (Lipinski definition) is 2. The Labute approximate surface area is 100.0 Å². The molecular weight excluding hydrogens is 202 g/mol. The minimum absolute atomic E-state index is 0.764. The molecule has 1 heterocycles. The van der Waals surface area contributed by atoms with Crippen LogP contribution in [0.3, 0.4) is 0 Å². The lowest BCUT2D eigenvalue weighted by atomic mass is 10.0. The second kappa shape index (κ2) is 6.15. The van der Waals surface area contributed by atoms with E-state index in [0.29, 0.717) is 0 Å². The summed E-state index contributed by atoms with van der Waals surface area (Å²) >= 11 is 2.23. The molecule has 0 radical (unpaired) electrons. The zero-order valence-corrected chi connectivity index (χ0v) is 11.8. The van der Waals surface area contributed by atoms with Crippen LogP contribution in [0.1, 0.15) is 53.4 Å². The number of hydrogen-bond donors (Lipinski definition) is 0. The molecule has 2 heteroatoms. The van der Waals surface area contributed by atoms with E-state index in [-0.39, 0.29) is 0 Å². The lowest BCUT2D eigenvalue weighted by Gasteiger charge is -2.28. The van der Waals surface area contributed by atoms with Crippen molar-refractivity contribution in [3.05, 3.63) is 0 Å². The van der Waals surface area contributed by atoms with Gasteiger partial charge >= 0.3 is 0 Å². The summed E-state index contributed by atoms with van der Waals surface area (Å²) in [4.78, 5) is 2.64. The van der Waals surface area contributed by atoms with E-state index in [9.17, 15) is 0 Å². The van der Waals surface area contributed by atoms with E-state index in [1.54, 1.807) is 0 Å². The van der Waals surface area contributed by atoms with E-state index >= 15 is 0 Å². The van der Waals surface area contributed by atoms with E-state index in [2.05, 4.69) is 51.4 Å². The molecule has 0 amide bonds. The zero-order chi connectivity index (χ0) is 11.4. The highest BCUT2D eigenvalue weighted by Crippen LogP contribution is 2.41. The van der Waals surface area contributed by atoms with Crippen LogP contribution in [-0.4, -0.2) is 28.6 Å². The maximum Gasteiger partial charge on any atom is 0.0586 e. The fourth-order valence-electron chi connectivity index (χ4n) is 2.87. The van der Waals surface area contributed by atoms with Gasteiger partial charge in [0.2, 0.25) is 0 Å². The number of rotatable bonds is 5. The van der Waals surface area contributed by atoms with Gasteiger partial charge in [-0.05, 0) is 32.2 Å². The van der Waals surface area contributed by atoms with Crippen LogP contribution in [0.4, 0.5) is 0 Å². The van der Waals surface area contributed by atoms with E-state index < -0.39 is 0 Å². The molecule has 0 aliphatic carbocycles. The molecular formula is C13H27NS. The molecule has 4 unspecified atom stereocenters. The first-order valence-corrected chi connectivity index (χ1v) is 7.47. The maximum atomic E-state index is 2.64. The predicted molar refractivity (Wildman–Crippen MR) is 71.4 cm³/mol. The fourth-order valence-corrected chi connectivity index (χ4v) is 4.74. The molecule has 1 fully saturated rings. The summed E-state index contributed by atoms with van der Waals surface area (Å²) in [5.41, 5.74) is 0. The third-order valence-corrected chi connectivity index (χ3v) is 5.79. The number of nitrogens with zero attached hydrogens (tertiary/aromatic N) is 1. The van der Waals surface area contributed by atoms with Crippen molar-refractivity contribution in [1.29, 1.82) is 0 Å². The van der Waals surface area contributed by atoms with Crippen molar-refractivity contribution in [3.8, 4) is 0 Å². The Morgan fingerprint density at radius 1 is 1.20 bits per heavy atom. The summed E-state index contributed by atoms with van der Waals surface area (Å²) in [7, 11) is 2.33. The lowest BCUT2D eigenvalue weighted by Crippen LogP contribution is -2.37. The van der Waals surface area contributed by atoms with Crippen molar-refractivity contribution < 1.29 is 0 Å². The summed E-state index contributed by atoms with van der Waals surface area (Å²) in [6, 6.07) is 0.810. The zero-order valence-electron chi connectivity index (χ0n) is 11.0. The van der Waals surface area contributed by atoms with Gasteiger partial charge in [-0.2, -0.15) is 0 Å². The predicted octanol–water partition coefficient (Wildman–Crippen LogP) is 3.98. The fraction of sp³-hybridized carbons (Fsp3) is 1.00. The van der Waals surface area contributed by atoms with Gasteiger partial charge in [-0.25, -0.2) is 0 Å². The van der Waals surface area contributed by atoms with Crippen molar-refractivity contribution in [2.24, 2.45) is 5.92 Å². The molecule has 0 aromatic rings. The van der Waals surface area contributed by atoms with Gasteiger partial charge < -0.3 is 0 Å². The Bertz CT molecular complexity index is 183. The molecule has 0 bridgehead atoms. The molecule has 1 aliphatic rings. The summed E-state index contributed by atoms with van der Waals surface area (Å²) in [6.45, 7) is 9.38. The summed E-state index contributed by atoms with van der Waals surface area (Å²) < 4.78 is 0. The van der Waals surface area contributed by atoms with Crippen LogP contribution in [0.25, 0.3) is 0 Å². The molecule has 1 nitrogen and oxygen atoms in total. The van der Waals surface area contributed by atoms with Crippen molar-refractivity contribution in [1.82, 2.24) is 4.90 Å². The smallest absolute Gasteiger partial charge is 0.0586 e. The third-order valence-electron chi connectivity index (χ3n) is 3.72. The molecule has 90 valence electrons. The van der Waals surface area contributed by atoms with Crippen LogP contribution in [0.2, 0.25) is 0 Å². The molecule has 0 N–H and O–H groups in total. The van der Waals surface area contributed by atoms with Crippen molar-refractivity contribution >= 4 is 11.8 Å². The average molecular weight is 229 g/mol. The highest BCUT2D eigenvalue weighted by molar-refractivity contribution is 8.00. The summed E-state index contributed by atoms with van der Waals surface area (Å²) in [6.07, 6.45) is 5.31. The Balaban J connectivity index is 2.61. The topological polar surface area (TPSA) is 3.24 Å². The van der Waals surface area contributed by atoms with Crippen LogP contribution in [0, 0.1) is 5.92 Å². The second-order valence-corrected chi connectivity index (χ2v) is 6.24. The first-order chi connectivity index (χ1) is 7.15. The van der Waals surface area contributed by atoms with Crippen molar-refractivity contribution in [3.63, 3.8) is 0 Å². The van der Waals surface area contributed by atoms with Crippen LogP contribution < -0.4 is 0 Å². The Morgan fingerprint density at radius 3 is 2.27 bits per heavy atom. The normalized spacial score (nSPS) is 34.6. The first-order valence-electron chi connectivity index (χ1n) is 6.53.